The van der Waals surface area contributed by atoms with E-state index < -0.39 is 17.7 Å². The number of hydrogen-bond donors (Lipinski definition) is 1. The van der Waals surface area contributed by atoms with Gasteiger partial charge in [0.15, 0.2) is 0 Å². The maximum atomic E-state index is 13.7. The zero-order valence-corrected chi connectivity index (χ0v) is 11.4. The minimum Gasteiger partial charge on any atom is -0.387 e. The molecule has 0 aliphatic rings. The lowest BCUT2D eigenvalue weighted by molar-refractivity contribution is 0.192. The summed E-state index contributed by atoms with van der Waals surface area (Å²) in [6, 6.07) is 2.57. The number of thioether (sulfide) groups is 1. The van der Waals surface area contributed by atoms with Crippen LogP contribution in [-0.4, -0.2) is 15.6 Å². The second-order valence-corrected chi connectivity index (χ2v) is 6.88. The molecule has 0 fully saturated rings. The molecule has 0 radical (unpaired) electrons. The lowest BCUT2D eigenvalue weighted by Gasteiger charge is -2.21. The quantitative estimate of drug-likeness (QED) is 0.891. The second-order valence-electron chi connectivity index (χ2n) is 5.03. The van der Waals surface area contributed by atoms with E-state index in [4.69, 9.17) is 0 Å². The second kappa shape index (κ2) is 5.36. The Morgan fingerprint density at radius 3 is 2.41 bits per heavy atom. The first-order valence-corrected chi connectivity index (χ1v) is 6.47. The minimum absolute atomic E-state index is 0.0439. The summed E-state index contributed by atoms with van der Waals surface area (Å²) in [7, 11) is 0. The average molecular weight is 260 g/mol. The topological polar surface area (TPSA) is 20.2 Å². The molecule has 1 N–H and O–H groups in total. The zero-order valence-electron chi connectivity index (χ0n) is 10.6. The van der Waals surface area contributed by atoms with Crippen molar-refractivity contribution in [3.8, 4) is 0 Å². The van der Waals surface area contributed by atoms with Gasteiger partial charge < -0.3 is 5.11 Å². The number of halogens is 2. The number of aryl methyl sites for hydroxylation is 1. The van der Waals surface area contributed by atoms with Gasteiger partial charge in [0.05, 0.1) is 11.7 Å². The van der Waals surface area contributed by atoms with E-state index in [1.54, 1.807) is 6.92 Å². The third kappa shape index (κ3) is 3.96. The average Bonchev–Trinajstić information content (AvgIpc) is 2.20. The number of aliphatic hydroxyl groups is 1. The van der Waals surface area contributed by atoms with Gasteiger partial charge in [0, 0.05) is 10.5 Å². The molecular formula is C13H18F2OS. The highest BCUT2D eigenvalue weighted by Crippen LogP contribution is 2.31. The molecule has 4 heteroatoms. The molecule has 1 aromatic rings. The van der Waals surface area contributed by atoms with Gasteiger partial charge in [0.1, 0.15) is 11.6 Å². The van der Waals surface area contributed by atoms with Crippen LogP contribution < -0.4 is 0 Å². The smallest absolute Gasteiger partial charge is 0.134 e. The van der Waals surface area contributed by atoms with Gasteiger partial charge in [0.2, 0.25) is 0 Å². The number of aliphatic hydroxyl groups excluding tert-OH is 1. The fourth-order valence-corrected chi connectivity index (χ4v) is 2.22. The van der Waals surface area contributed by atoms with Gasteiger partial charge in [-0.25, -0.2) is 8.78 Å². The van der Waals surface area contributed by atoms with Crippen molar-refractivity contribution in [3.05, 3.63) is 34.9 Å². The van der Waals surface area contributed by atoms with Crippen LogP contribution in [0.5, 0.6) is 0 Å². The third-order valence-corrected chi connectivity index (χ3v) is 3.68. The van der Waals surface area contributed by atoms with Crippen LogP contribution >= 0.6 is 11.8 Å². The van der Waals surface area contributed by atoms with Crippen molar-refractivity contribution in [2.75, 3.05) is 5.75 Å². The predicted octanol–water partition coefficient (Wildman–Crippen LogP) is 3.84. The van der Waals surface area contributed by atoms with Crippen LogP contribution in [-0.2, 0) is 0 Å². The van der Waals surface area contributed by atoms with E-state index >= 15 is 0 Å². The Morgan fingerprint density at radius 2 is 1.88 bits per heavy atom. The molecule has 0 bridgehead atoms. The summed E-state index contributed by atoms with van der Waals surface area (Å²) in [5.41, 5.74) is 0.128. The van der Waals surface area contributed by atoms with E-state index in [0.717, 1.165) is 0 Å². The van der Waals surface area contributed by atoms with Crippen LogP contribution in [0.2, 0.25) is 0 Å². The lowest BCUT2D eigenvalue weighted by Crippen LogP contribution is -2.14. The maximum Gasteiger partial charge on any atom is 0.134 e. The standard InChI is InChI=1S/C13H18F2OS/c1-8-5-6-9(14)11(12(8)15)10(16)7-17-13(2,3)4/h5-6,10,16H,7H2,1-4H3. The van der Waals surface area contributed by atoms with Gasteiger partial charge in [0.25, 0.3) is 0 Å². The van der Waals surface area contributed by atoms with Crippen molar-refractivity contribution in [1.29, 1.82) is 0 Å². The molecule has 1 aromatic carbocycles. The van der Waals surface area contributed by atoms with Crippen molar-refractivity contribution in [3.63, 3.8) is 0 Å². The summed E-state index contributed by atoms with van der Waals surface area (Å²) in [4.78, 5) is 0. The van der Waals surface area contributed by atoms with Crippen molar-refractivity contribution in [1.82, 2.24) is 0 Å². The van der Waals surface area contributed by atoms with Crippen molar-refractivity contribution >= 4 is 11.8 Å². The number of rotatable bonds is 3. The summed E-state index contributed by atoms with van der Waals surface area (Å²) in [6.45, 7) is 7.54. The molecule has 1 rings (SSSR count). The predicted molar refractivity (Wildman–Crippen MR) is 68.3 cm³/mol. The van der Waals surface area contributed by atoms with Gasteiger partial charge in [-0.15, -0.1) is 0 Å². The van der Waals surface area contributed by atoms with Gasteiger partial charge >= 0.3 is 0 Å². The fraction of sp³-hybridized carbons (Fsp3) is 0.538. The summed E-state index contributed by atoms with van der Waals surface area (Å²) < 4.78 is 27.2. The highest BCUT2D eigenvalue weighted by atomic mass is 32.2. The van der Waals surface area contributed by atoms with Crippen LogP contribution in [0.15, 0.2) is 12.1 Å². The zero-order chi connectivity index (χ0) is 13.2. The minimum atomic E-state index is -1.11. The Balaban J connectivity index is 2.89. The highest BCUT2D eigenvalue weighted by molar-refractivity contribution is 8.00. The first-order chi connectivity index (χ1) is 7.72. The molecule has 1 nitrogen and oxygen atoms in total. The first-order valence-electron chi connectivity index (χ1n) is 5.49. The highest BCUT2D eigenvalue weighted by Gasteiger charge is 2.22. The molecule has 1 unspecified atom stereocenters. The Kier molecular flexibility index (Phi) is 4.55. The molecule has 0 saturated carbocycles. The largest absolute Gasteiger partial charge is 0.387 e. The summed E-state index contributed by atoms with van der Waals surface area (Å²) >= 11 is 1.48. The Bertz CT molecular complexity index is 399. The van der Waals surface area contributed by atoms with Crippen molar-refractivity contribution in [2.24, 2.45) is 0 Å². The molecule has 0 amide bonds. The molecule has 96 valence electrons. The van der Waals surface area contributed by atoms with Gasteiger partial charge in [-0.3, -0.25) is 0 Å². The van der Waals surface area contributed by atoms with Crippen molar-refractivity contribution in [2.45, 2.75) is 38.5 Å². The molecule has 0 aliphatic heterocycles. The SMILES string of the molecule is Cc1ccc(F)c(C(O)CSC(C)(C)C)c1F. The summed E-state index contributed by atoms with van der Waals surface area (Å²) in [5, 5.41) is 9.87. The number of benzene rings is 1. The summed E-state index contributed by atoms with van der Waals surface area (Å²) in [5.74, 6) is -1.05. The lowest BCUT2D eigenvalue weighted by atomic mass is 10.1. The van der Waals surface area contributed by atoms with Crippen LogP contribution in [0.4, 0.5) is 8.78 Å². The molecule has 0 aliphatic carbocycles. The molecule has 17 heavy (non-hydrogen) atoms. The Hall–Kier alpha value is -0.610. The van der Waals surface area contributed by atoms with Gasteiger partial charge in [-0.1, -0.05) is 26.8 Å². The fourth-order valence-electron chi connectivity index (χ4n) is 1.40. The van der Waals surface area contributed by atoms with E-state index in [1.165, 1.54) is 23.9 Å². The van der Waals surface area contributed by atoms with Gasteiger partial charge in [-0.2, -0.15) is 11.8 Å². The van der Waals surface area contributed by atoms with Crippen LogP contribution in [0, 0.1) is 18.6 Å². The molecule has 0 spiro atoms. The molecule has 0 saturated heterocycles. The van der Waals surface area contributed by atoms with E-state index in [2.05, 4.69) is 0 Å². The Morgan fingerprint density at radius 1 is 1.29 bits per heavy atom. The number of hydrogen-bond acceptors (Lipinski definition) is 2. The van der Waals surface area contributed by atoms with Gasteiger partial charge in [-0.05, 0) is 18.6 Å². The van der Waals surface area contributed by atoms with E-state index in [1.807, 2.05) is 20.8 Å². The maximum absolute atomic E-state index is 13.7. The molecule has 1 atom stereocenters. The van der Waals surface area contributed by atoms with Crippen LogP contribution in [0.1, 0.15) is 38.0 Å². The summed E-state index contributed by atoms with van der Waals surface area (Å²) in [6.07, 6.45) is -1.11. The molecule has 0 heterocycles. The van der Waals surface area contributed by atoms with Crippen molar-refractivity contribution < 1.29 is 13.9 Å². The molecular weight excluding hydrogens is 242 g/mol. The van der Waals surface area contributed by atoms with Crippen LogP contribution in [0.25, 0.3) is 0 Å². The van der Waals surface area contributed by atoms with E-state index in [0.29, 0.717) is 5.56 Å². The van der Waals surface area contributed by atoms with E-state index in [-0.39, 0.29) is 16.1 Å². The third-order valence-electron chi connectivity index (χ3n) is 2.33. The first kappa shape index (κ1) is 14.5. The Labute approximate surface area is 105 Å². The molecule has 0 aromatic heterocycles. The van der Waals surface area contributed by atoms with E-state index in [9.17, 15) is 13.9 Å². The van der Waals surface area contributed by atoms with Crippen LogP contribution in [0.3, 0.4) is 0 Å². The monoisotopic (exact) mass is 260 g/mol. The normalized spacial score (nSPS) is 13.8.